The van der Waals surface area contributed by atoms with Gasteiger partial charge in [0.1, 0.15) is 10.7 Å². The number of sulfonamides is 1. The van der Waals surface area contributed by atoms with Gasteiger partial charge in [0, 0.05) is 6.26 Å². The lowest BCUT2D eigenvalue weighted by molar-refractivity contribution is 0.498. The second kappa shape index (κ2) is 5.51. The van der Waals surface area contributed by atoms with Gasteiger partial charge in [-0.15, -0.1) is 0 Å². The lowest BCUT2D eigenvalue weighted by atomic mass is 10.3. The van der Waals surface area contributed by atoms with Crippen molar-refractivity contribution in [2.75, 3.05) is 12.0 Å². The monoisotopic (exact) mass is 330 g/mol. The number of sulfone groups is 1. The van der Waals surface area contributed by atoms with Gasteiger partial charge in [-0.25, -0.2) is 21.6 Å². The summed E-state index contributed by atoms with van der Waals surface area (Å²) < 4.78 is 54.7. The van der Waals surface area contributed by atoms with Crippen LogP contribution in [0.15, 0.2) is 50.8 Å². The highest BCUT2D eigenvalue weighted by atomic mass is 32.2. The van der Waals surface area contributed by atoms with Crippen LogP contribution >= 0.6 is 0 Å². The summed E-state index contributed by atoms with van der Waals surface area (Å²) in [4.78, 5) is -0.396. The third kappa shape index (κ3) is 3.63. The zero-order chi connectivity index (χ0) is 15.7. The first-order valence-corrected chi connectivity index (χ1v) is 9.19. The summed E-state index contributed by atoms with van der Waals surface area (Å²) in [7, 11) is -7.48. The van der Waals surface area contributed by atoms with Gasteiger partial charge in [-0.2, -0.15) is 0 Å². The quantitative estimate of drug-likeness (QED) is 0.780. The van der Waals surface area contributed by atoms with Crippen LogP contribution in [0.4, 0.5) is 5.69 Å². The van der Waals surface area contributed by atoms with Gasteiger partial charge in [-0.05, 0) is 30.3 Å². The van der Waals surface area contributed by atoms with E-state index in [2.05, 4.69) is 4.72 Å². The molecule has 9 heteroatoms. The Morgan fingerprint density at radius 2 is 1.90 bits per heavy atom. The summed E-state index contributed by atoms with van der Waals surface area (Å²) in [6, 6.07) is 6.78. The number of hydrogen-bond acceptors (Lipinski definition) is 6. The van der Waals surface area contributed by atoms with Crippen LogP contribution in [0.2, 0.25) is 0 Å². The highest BCUT2D eigenvalue weighted by molar-refractivity contribution is 7.91. The van der Waals surface area contributed by atoms with Gasteiger partial charge in [0.15, 0.2) is 9.84 Å². The van der Waals surface area contributed by atoms with E-state index in [1.54, 1.807) is 12.1 Å². The lowest BCUT2D eigenvalue weighted by Gasteiger charge is -2.09. The predicted molar refractivity (Wildman–Crippen MR) is 76.7 cm³/mol. The second-order valence-corrected chi connectivity index (χ2v) is 8.13. The Labute approximate surface area is 122 Å². The van der Waals surface area contributed by atoms with Crippen LogP contribution in [0, 0.1) is 0 Å². The molecule has 0 radical (unpaired) electrons. The summed E-state index contributed by atoms with van der Waals surface area (Å²) in [5, 5.41) is 0. The van der Waals surface area contributed by atoms with Crippen LogP contribution in [-0.4, -0.2) is 23.1 Å². The summed E-state index contributed by atoms with van der Waals surface area (Å²) in [6.07, 6.45) is 2.41. The van der Waals surface area contributed by atoms with E-state index in [0.29, 0.717) is 5.76 Å². The first kappa shape index (κ1) is 15.5. The van der Waals surface area contributed by atoms with Gasteiger partial charge >= 0.3 is 0 Å². The predicted octanol–water partition coefficient (Wildman–Crippen LogP) is 0.744. The smallest absolute Gasteiger partial charge is 0.243 e. The third-order valence-electron chi connectivity index (χ3n) is 2.72. The molecule has 0 saturated carbocycles. The molecule has 1 aromatic heterocycles. The molecule has 1 heterocycles. The van der Waals surface area contributed by atoms with Crippen LogP contribution < -0.4 is 10.5 Å². The number of nitrogen functional groups attached to an aromatic ring is 1. The second-order valence-electron chi connectivity index (χ2n) is 4.38. The van der Waals surface area contributed by atoms with Crippen molar-refractivity contribution in [3.63, 3.8) is 0 Å². The number of hydrogen-bond donors (Lipinski definition) is 2. The Morgan fingerprint density at radius 3 is 2.48 bits per heavy atom. The van der Waals surface area contributed by atoms with E-state index in [-0.39, 0.29) is 22.0 Å². The van der Waals surface area contributed by atoms with Crippen molar-refractivity contribution in [2.45, 2.75) is 16.3 Å². The van der Waals surface area contributed by atoms with E-state index in [1.165, 1.54) is 18.4 Å². The fourth-order valence-electron chi connectivity index (χ4n) is 1.64. The number of nitrogens with one attached hydrogen (secondary N) is 1. The Hall–Kier alpha value is -1.84. The Bertz CT molecular complexity index is 840. The molecular formula is C12H14N2O5S2. The van der Waals surface area contributed by atoms with Crippen LogP contribution in [0.3, 0.4) is 0 Å². The standard InChI is InChI=1S/C12H14N2O5S2/c1-20(15,16)10-4-5-11(13)12(7-10)21(17,18)14-8-9-3-2-6-19-9/h2-7,14H,8,13H2,1H3. The first-order valence-electron chi connectivity index (χ1n) is 5.82. The SMILES string of the molecule is CS(=O)(=O)c1ccc(N)c(S(=O)(=O)NCc2ccco2)c1. The summed E-state index contributed by atoms with van der Waals surface area (Å²) >= 11 is 0. The fourth-order valence-corrected chi connectivity index (χ4v) is 3.51. The lowest BCUT2D eigenvalue weighted by Crippen LogP contribution is -2.24. The number of nitrogens with two attached hydrogens (primary N) is 1. The molecular weight excluding hydrogens is 316 g/mol. The van der Waals surface area contributed by atoms with Crippen LogP contribution in [-0.2, 0) is 26.4 Å². The van der Waals surface area contributed by atoms with Crippen molar-refractivity contribution in [3.05, 3.63) is 42.4 Å². The molecule has 7 nitrogen and oxygen atoms in total. The number of furan rings is 1. The molecule has 3 N–H and O–H groups in total. The van der Waals surface area contributed by atoms with E-state index >= 15 is 0 Å². The molecule has 0 saturated heterocycles. The summed E-state index contributed by atoms with van der Waals surface area (Å²) in [6.45, 7) is -0.0577. The highest BCUT2D eigenvalue weighted by Crippen LogP contribution is 2.22. The minimum absolute atomic E-state index is 0.0330. The zero-order valence-electron chi connectivity index (χ0n) is 11.1. The molecule has 0 aliphatic heterocycles. The Balaban J connectivity index is 2.35. The van der Waals surface area contributed by atoms with Gasteiger partial charge in [-0.1, -0.05) is 0 Å². The molecule has 2 aromatic rings. The van der Waals surface area contributed by atoms with E-state index in [9.17, 15) is 16.8 Å². The first-order chi connectivity index (χ1) is 9.70. The van der Waals surface area contributed by atoms with Crippen molar-refractivity contribution in [1.82, 2.24) is 4.72 Å². The maximum absolute atomic E-state index is 12.2. The molecule has 0 aliphatic carbocycles. The summed E-state index contributed by atoms with van der Waals surface area (Å²) in [5.41, 5.74) is 5.60. The normalized spacial score (nSPS) is 12.4. The maximum Gasteiger partial charge on any atom is 0.243 e. The topological polar surface area (TPSA) is 119 Å². The number of rotatable bonds is 5. The molecule has 0 fully saturated rings. The van der Waals surface area contributed by atoms with Gasteiger partial charge < -0.3 is 10.2 Å². The number of anilines is 1. The van der Waals surface area contributed by atoms with E-state index < -0.39 is 19.9 Å². The van der Waals surface area contributed by atoms with Crippen LogP contribution in [0.1, 0.15) is 5.76 Å². The molecule has 0 amide bonds. The van der Waals surface area contributed by atoms with Crippen LogP contribution in [0.5, 0.6) is 0 Å². The van der Waals surface area contributed by atoms with Gasteiger partial charge in [0.05, 0.1) is 23.4 Å². The molecule has 0 unspecified atom stereocenters. The molecule has 1 aromatic carbocycles. The minimum Gasteiger partial charge on any atom is -0.468 e. The van der Waals surface area contributed by atoms with E-state index in [4.69, 9.17) is 10.2 Å². The molecule has 0 aliphatic rings. The van der Waals surface area contributed by atoms with Crippen molar-refractivity contribution in [1.29, 1.82) is 0 Å². The molecule has 0 atom stereocenters. The largest absolute Gasteiger partial charge is 0.468 e. The van der Waals surface area contributed by atoms with Crippen molar-refractivity contribution in [2.24, 2.45) is 0 Å². The molecule has 0 bridgehead atoms. The van der Waals surface area contributed by atoms with Crippen molar-refractivity contribution >= 4 is 25.5 Å². The van der Waals surface area contributed by atoms with Crippen molar-refractivity contribution < 1.29 is 21.3 Å². The van der Waals surface area contributed by atoms with Gasteiger partial charge in [0.25, 0.3) is 0 Å². The molecule has 114 valence electrons. The Morgan fingerprint density at radius 1 is 1.19 bits per heavy atom. The molecule has 21 heavy (non-hydrogen) atoms. The average molecular weight is 330 g/mol. The maximum atomic E-state index is 12.2. The highest BCUT2D eigenvalue weighted by Gasteiger charge is 2.20. The molecule has 0 spiro atoms. The van der Waals surface area contributed by atoms with Gasteiger partial charge in [-0.3, -0.25) is 0 Å². The Kier molecular flexibility index (Phi) is 4.08. The third-order valence-corrected chi connectivity index (χ3v) is 5.29. The average Bonchev–Trinajstić information content (AvgIpc) is 2.88. The van der Waals surface area contributed by atoms with Crippen LogP contribution in [0.25, 0.3) is 0 Å². The minimum atomic E-state index is -3.95. The summed E-state index contributed by atoms with van der Waals surface area (Å²) in [5.74, 6) is 0.427. The number of benzene rings is 1. The van der Waals surface area contributed by atoms with Gasteiger partial charge in [0.2, 0.25) is 10.0 Å². The zero-order valence-corrected chi connectivity index (χ0v) is 12.7. The van der Waals surface area contributed by atoms with E-state index in [1.807, 2.05) is 0 Å². The fraction of sp³-hybridized carbons (Fsp3) is 0.167. The van der Waals surface area contributed by atoms with E-state index in [0.717, 1.165) is 12.3 Å². The van der Waals surface area contributed by atoms with Crippen molar-refractivity contribution in [3.8, 4) is 0 Å². The molecule has 2 rings (SSSR count).